The summed E-state index contributed by atoms with van der Waals surface area (Å²) in [5.74, 6) is 0. The molecule has 0 aliphatic carbocycles. The van der Waals surface area contributed by atoms with E-state index in [-0.39, 0.29) is 17.1 Å². The maximum atomic E-state index is 12.8. The van der Waals surface area contributed by atoms with E-state index in [1.807, 2.05) is 19.1 Å². The lowest BCUT2D eigenvalue weighted by atomic mass is 10.2. The summed E-state index contributed by atoms with van der Waals surface area (Å²) in [6.07, 6.45) is 0. The third-order valence-electron chi connectivity index (χ3n) is 3.57. The van der Waals surface area contributed by atoms with Gasteiger partial charge in [0.25, 0.3) is 15.7 Å². The second kappa shape index (κ2) is 6.37. The topological polar surface area (TPSA) is 80.5 Å². The van der Waals surface area contributed by atoms with Crippen molar-refractivity contribution in [2.45, 2.75) is 25.7 Å². The van der Waals surface area contributed by atoms with E-state index >= 15 is 0 Å². The van der Waals surface area contributed by atoms with Gasteiger partial charge >= 0.3 is 0 Å². The minimum absolute atomic E-state index is 0.0859. The predicted octanol–water partition coefficient (Wildman–Crippen LogP) is 3.43. The Hall–Kier alpha value is -2.41. The van der Waals surface area contributed by atoms with Gasteiger partial charge in [-0.25, -0.2) is 8.42 Å². The second-order valence-corrected chi connectivity index (χ2v) is 7.07. The molecule has 23 heavy (non-hydrogen) atoms. The molecular weight excluding hydrogens is 316 g/mol. The van der Waals surface area contributed by atoms with Crippen molar-refractivity contribution < 1.29 is 13.3 Å². The lowest BCUT2D eigenvalue weighted by Gasteiger charge is -2.23. The van der Waals surface area contributed by atoms with Crippen molar-refractivity contribution in [1.82, 2.24) is 0 Å². The van der Waals surface area contributed by atoms with Crippen LogP contribution in [0.25, 0.3) is 0 Å². The zero-order valence-corrected chi connectivity index (χ0v) is 14.0. The Bertz CT molecular complexity index is 830. The minimum atomic E-state index is -3.86. The Morgan fingerprint density at radius 2 is 1.70 bits per heavy atom. The smallest absolute Gasteiger partial charge is 0.267 e. The average molecular weight is 334 g/mol. The third kappa shape index (κ3) is 3.34. The van der Waals surface area contributed by atoms with Crippen molar-refractivity contribution in [3.8, 4) is 0 Å². The number of sulfonamides is 1. The SMILES string of the molecule is CCN(c1ccc(C)cc1)S(=O)(=O)c1ccc(C)c([N+](=O)[O-])c1. The number of nitro benzene ring substituents is 1. The third-order valence-corrected chi connectivity index (χ3v) is 5.47. The van der Waals surface area contributed by atoms with Gasteiger partial charge in [0.2, 0.25) is 0 Å². The fourth-order valence-electron chi connectivity index (χ4n) is 2.28. The quantitative estimate of drug-likeness (QED) is 0.620. The number of anilines is 1. The summed E-state index contributed by atoms with van der Waals surface area (Å²) in [4.78, 5) is 10.4. The van der Waals surface area contributed by atoms with Gasteiger partial charge in [0.15, 0.2) is 0 Å². The van der Waals surface area contributed by atoms with Crippen LogP contribution in [-0.2, 0) is 10.0 Å². The molecule has 0 heterocycles. The molecule has 0 atom stereocenters. The number of nitro groups is 1. The monoisotopic (exact) mass is 334 g/mol. The van der Waals surface area contributed by atoms with Crippen molar-refractivity contribution in [3.05, 3.63) is 63.7 Å². The largest absolute Gasteiger partial charge is 0.273 e. The van der Waals surface area contributed by atoms with Gasteiger partial charge in [0, 0.05) is 18.2 Å². The van der Waals surface area contributed by atoms with Crippen LogP contribution in [0, 0.1) is 24.0 Å². The lowest BCUT2D eigenvalue weighted by Crippen LogP contribution is -2.30. The molecule has 0 aliphatic heterocycles. The molecule has 2 rings (SSSR count). The molecule has 0 saturated heterocycles. The molecule has 0 saturated carbocycles. The fraction of sp³-hybridized carbons (Fsp3) is 0.250. The maximum absolute atomic E-state index is 12.8. The van der Waals surface area contributed by atoms with Gasteiger partial charge < -0.3 is 0 Å². The van der Waals surface area contributed by atoms with Gasteiger partial charge in [-0.2, -0.15) is 0 Å². The maximum Gasteiger partial charge on any atom is 0.273 e. The molecule has 0 aliphatic rings. The van der Waals surface area contributed by atoms with Gasteiger partial charge in [0.1, 0.15) is 0 Å². The van der Waals surface area contributed by atoms with Crippen LogP contribution in [0.5, 0.6) is 0 Å². The Kier molecular flexibility index (Phi) is 4.70. The summed E-state index contributed by atoms with van der Waals surface area (Å²) >= 11 is 0. The number of hydrogen-bond donors (Lipinski definition) is 0. The van der Waals surface area contributed by atoms with E-state index in [0.717, 1.165) is 11.6 Å². The summed E-state index contributed by atoms with van der Waals surface area (Å²) in [6.45, 7) is 5.44. The van der Waals surface area contributed by atoms with Gasteiger partial charge in [-0.05, 0) is 39.0 Å². The average Bonchev–Trinajstić information content (AvgIpc) is 2.49. The summed E-state index contributed by atoms with van der Waals surface area (Å²) in [7, 11) is -3.86. The molecule has 0 N–H and O–H groups in total. The van der Waals surface area contributed by atoms with Crippen LogP contribution in [-0.4, -0.2) is 19.9 Å². The number of hydrogen-bond acceptors (Lipinski definition) is 4. The van der Waals surface area contributed by atoms with E-state index in [4.69, 9.17) is 0 Å². The highest BCUT2D eigenvalue weighted by atomic mass is 32.2. The summed E-state index contributed by atoms with van der Waals surface area (Å²) in [5.41, 5.74) is 1.77. The van der Waals surface area contributed by atoms with Crippen LogP contribution in [0.4, 0.5) is 11.4 Å². The summed E-state index contributed by atoms with van der Waals surface area (Å²) < 4.78 is 26.9. The van der Waals surface area contributed by atoms with Crippen molar-refractivity contribution >= 4 is 21.4 Å². The molecule has 0 aromatic heterocycles. The van der Waals surface area contributed by atoms with Crippen molar-refractivity contribution in [3.63, 3.8) is 0 Å². The first-order valence-corrected chi connectivity index (χ1v) is 8.56. The van der Waals surface area contributed by atoms with Crippen LogP contribution >= 0.6 is 0 Å². The van der Waals surface area contributed by atoms with Crippen molar-refractivity contribution in [2.24, 2.45) is 0 Å². The molecule has 0 fully saturated rings. The van der Waals surface area contributed by atoms with Crippen LogP contribution < -0.4 is 4.31 Å². The fourth-order valence-corrected chi connectivity index (χ4v) is 3.77. The Morgan fingerprint density at radius 1 is 1.09 bits per heavy atom. The molecule has 2 aromatic rings. The molecular formula is C16H18N2O4S. The molecule has 6 nitrogen and oxygen atoms in total. The number of rotatable bonds is 5. The normalized spacial score (nSPS) is 11.3. The molecule has 0 amide bonds. The van der Waals surface area contributed by atoms with Gasteiger partial charge in [-0.1, -0.05) is 23.8 Å². The van der Waals surface area contributed by atoms with Crippen LogP contribution in [0.2, 0.25) is 0 Å². The second-order valence-electron chi connectivity index (χ2n) is 5.21. The van der Waals surface area contributed by atoms with Gasteiger partial charge in [-0.3, -0.25) is 14.4 Å². The zero-order chi connectivity index (χ0) is 17.2. The van der Waals surface area contributed by atoms with E-state index in [2.05, 4.69) is 0 Å². The first-order valence-electron chi connectivity index (χ1n) is 7.12. The first kappa shape index (κ1) is 17.0. The zero-order valence-electron chi connectivity index (χ0n) is 13.2. The van der Waals surface area contributed by atoms with Gasteiger partial charge in [0.05, 0.1) is 15.5 Å². The van der Waals surface area contributed by atoms with E-state index in [1.165, 1.54) is 16.4 Å². The molecule has 0 spiro atoms. The van der Waals surface area contributed by atoms with Crippen LogP contribution in [0.3, 0.4) is 0 Å². The molecule has 7 heteroatoms. The highest BCUT2D eigenvalue weighted by Gasteiger charge is 2.26. The molecule has 0 bridgehead atoms. The predicted molar refractivity (Wildman–Crippen MR) is 89.2 cm³/mol. The first-order chi connectivity index (χ1) is 10.8. The molecule has 0 radical (unpaired) electrons. The Morgan fingerprint density at radius 3 is 2.22 bits per heavy atom. The van der Waals surface area contributed by atoms with E-state index in [0.29, 0.717) is 11.3 Å². The number of nitrogens with zero attached hydrogens (tertiary/aromatic N) is 2. The minimum Gasteiger partial charge on any atom is -0.267 e. The highest BCUT2D eigenvalue weighted by molar-refractivity contribution is 7.92. The molecule has 0 unspecified atom stereocenters. The Balaban J connectivity index is 2.53. The van der Waals surface area contributed by atoms with Crippen LogP contribution in [0.1, 0.15) is 18.1 Å². The molecule has 122 valence electrons. The lowest BCUT2D eigenvalue weighted by molar-refractivity contribution is -0.385. The van der Waals surface area contributed by atoms with E-state index in [1.54, 1.807) is 26.0 Å². The summed E-state index contributed by atoms with van der Waals surface area (Å²) in [6, 6.07) is 11.1. The highest BCUT2D eigenvalue weighted by Crippen LogP contribution is 2.27. The van der Waals surface area contributed by atoms with Crippen molar-refractivity contribution in [1.29, 1.82) is 0 Å². The Labute approximate surface area is 135 Å². The van der Waals surface area contributed by atoms with E-state index < -0.39 is 14.9 Å². The number of benzene rings is 2. The molecule has 2 aromatic carbocycles. The van der Waals surface area contributed by atoms with E-state index in [9.17, 15) is 18.5 Å². The number of aryl methyl sites for hydroxylation is 2. The van der Waals surface area contributed by atoms with Crippen LogP contribution in [0.15, 0.2) is 47.4 Å². The van der Waals surface area contributed by atoms with Gasteiger partial charge in [-0.15, -0.1) is 0 Å². The summed E-state index contributed by atoms with van der Waals surface area (Å²) in [5, 5.41) is 11.0. The standard InChI is InChI=1S/C16H18N2O4S/c1-4-17(14-8-5-12(2)6-9-14)23(21,22)15-10-7-13(3)16(11-15)18(19)20/h5-11H,4H2,1-3H3. The van der Waals surface area contributed by atoms with Crippen molar-refractivity contribution in [2.75, 3.05) is 10.8 Å².